The van der Waals surface area contributed by atoms with E-state index < -0.39 is 0 Å². The number of hydrogen-bond acceptors (Lipinski definition) is 4. The number of urea groups is 1. The van der Waals surface area contributed by atoms with Crippen LogP contribution in [0.4, 0.5) is 10.5 Å². The molecule has 1 spiro atoms. The summed E-state index contributed by atoms with van der Waals surface area (Å²) in [5, 5.41) is 3.82. The van der Waals surface area contributed by atoms with Crippen molar-refractivity contribution in [1.82, 2.24) is 14.8 Å². The van der Waals surface area contributed by atoms with Crippen LogP contribution in [0.3, 0.4) is 0 Å². The van der Waals surface area contributed by atoms with E-state index in [4.69, 9.17) is 0 Å². The molecular formula is C20H22N4O2S. The van der Waals surface area contributed by atoms with Gasteiger partial charge in [0.05, 0.1) is 22.4 Å². The largest absolute Gasteiger partial charge is 0.325 e. The number of carbonyl (C=O) groups excluding carboxylic acids is 2. The Bertz CT molecular complexity index is 878. The van der Waals surface area contributed by atoms with Crippen LogP contribution in [0.2, 0.25) is 0 Å². The van der Waals surface area contributed by atoms with Crippen molar-refractivity contribution in [1.29, 1.82) is 0 Å². The predicted molar refractivity (Wildman–Crippen MR) is 104 cm³/mol. The number of likely N-dealkylation sites (tertiary alicyclic amines) is 2. The van der Waals surface area contributed by atoms with Crippen molar-refractivity contribution < 1.29 is 9.59 Å². The molecule has 3 aliphatic heterocycles. The molecule has 3 amide bonds. The van der Waals surface area contributed by atoms with E-state index in [0.717, 1.165) is 55.8 Å². The summed E-state index contributed by atoms with van der Waals surface area (Å²) in [6.07, 6.45) is 4.84. The number of thiophene rings is 1. The molecule has 5 rings (SSSR count). The predicted octanol–water partition coefficient (Wildman–Crippen LogP) is 2.96. The summed E-state index contributed by atoms with van der Waals surface area (Å²) >= 11 is 1.53. The van der Waals surface area contributed by atoms with E-state index in [2.05, 4.69) is 4.98 Å². The molecule has 0 saturated carbocycles. The highest BCUT2D eigenvalue weighted by Crippen LogP contribution is 2.45. The van der Waals surface area contributed by atoms with E-state index in [1.54, 1.807) is 6.20 Å². The quantitative estimate of drug-likeness (QED) is 0.762. The normalized spacial score (nSPS) is 24.1. The molecule has 0 radical (unpaired) electrons. The maximum absolute atomic E-state index is 13.1. The van der Waals surface area contributed by atoms with Crippen molar-refractivity contribution in [3.8, 4) is 0 Å². The Hall–Kier alpha value is -2.41. The van der Waals surface area contributed by atoms with Crippen LogP contribution < -0.4 is 4.90 Å². The molecule has 1 atom stereocenters. The zero-order valence-corrected chi connectivity index (χ0v) is 16.0. The average molecular weight is 382 g/mol. The molecule has 0 aliphatic carbocycles. The lowest BCUT2D eigenvalue weighted by atomic mass is 9.85. The summed E-state index contributed by atoms with van der Waals surface area (Å²) < 4.78 is 0. The number of aromatic nitrogens is 1. The van der Waals surface area contributed by atoms with Crippen molar-refractivity contribution in [3.05, 3.63) is 46.4 Å². The fourth-order valence-electron chi connectivity index (χ4n) is 4.68. The molecule has 2 aromatic rings. The third-order valence-electron chi connectivity index (χ3n) is 6.05. The number of nitrogens with zero attached hydrogens (tertiary/aromatic N) is 4. The van der Waals surface area contributed by atoms with Crippen molar-refractivity contribution >= 4 is 29.0 Å². The molecule has 2 fully saturated rings. The minimum atomic E-state index is -0.252. The van der Waals surface area contributed by atoms with Crippen LogP contribution in [0.25, 0.3) is 0 Å². The molecule has 0 bridgehead atoms. The Labute approximate surface area is 162 Å². The lowest BCUT2D eigenvalue weighted by molar-refractivity contribution is 0.0985. The van der Waals surface area contributed by atoms with Gasteiger partial charge < -0.3 is 14.7 Å². The number of amides is 3. The van der Waals surface area contributed by atoms with Gasteiger partial charge in [-0.25, -0.2) is 4.79 Å². The summed E-state index contributed by atoms with van der Waals surface area (Å²) in [5.41, 5.74) is 2.32. The molecule has 0 N–H and O–H groups in total. The third-order valence-corrected chi connectivity index (χ3v) is 6.74. The topological polar surface area (TPSA) is 56.8 Å². The van der Waals surface area contributed by atoms with Gasteiger partial charge in [0, 0.05) is 44.3 Å². The number of anilines is 1. The van der Waals surface area contributed by atoms with Gasteiger partial charge in [0.1, 0.15) is 0 Å². The van der Waals surface area contributed by atoms with Crippen molar-refractivity contribution in [3.63, 3.8) is 0 Å². The van der Waals surface area contributed by atoms with Gasteiger partial charge >= 0.3 is 6.03 Å². The second-order valence-electron chi connectivity index (χ2n) is 7.70. The fraction of sp³-hybridized carbons (Fsp3) is 0.450. The maximum atomic E-state index is 13.1. The van der Waals surface area contributed by atoms with E-state index in [9.17, 15) is 9.59 Å². The summed E-state index contributed by atoms with van der Waals surface area (Å²) in [6, 6.07) is 5.87. The minimum Gasteiger partial charge on any atom is -0.325 e. The highest BCUT2D eigenvalue weighted by molar-refractivity contribution is 7.08. The number of fused-ring (bicyclic) bond motifs is 2. The zero-order chi connectivity index (χ0) is 18.4. The standard InChI is InChI=1S/C20H22N4O2S/c25-18(15-5-11-27-12-15)24-14-20(17-16(24)4-3-7-21-17)6-10-23(13-20)19(26)22-8-1-2-9-22/h3-5,7,11-12H,1-2,6,8-10,13-14H2. The van der Waals surface area contributed by atoms with Gasteiger partial charge in [-0.15, -0.1) is 0 Å². The van der Waals surface area contributed by atoms with Crippen molar-refractivity contribution in [2.45, 2.75) is 24.7 Å². The van der Waals surface area contributed by atoms with Crippen LogP contribution in [0.5, 0.6) is 0 Å². The highest BCUT2D eigenvalue weighted by atomic mass is 32.1. The van der Waals surface area contributed by atoms with Gasteiger partial charge in [-0.05, 0) is 42.8 Å². The summed E-state index contributed by atoms with van der Waals surface area (Å²) in [6.45, 7) is 3.68. The number of pyridine rings is 1. The second kappa shape index (κ2) is 6.34. The van der Waals surface area contributed by atoms with Gasteiger partial charge in [-0.2, -0.15) is 11.3 Å². The molecule has 27 heavy (non-hydrogen) atoms. The Morgan fingerprint density at radius 2 is 1.93 bits per heavy atom. The van der Waals surface area contributed by atoms with Crippen LogP contribution in [0, 0.1) is 0 Å². The SMILES string of the molecule is O=C(N1CCCC1)N1CCC2(C1)CN(C(=O)c1ccsc1)c1cccnc12. The van der Waals surface area contributed by atoms with Gasteiger partial charge in [-0.3, -0.25) is 9.78 Å². The molecule has 5 heterocycles. The Morgan fingerprint density at radius 3 is 2.70 bits per heavy atom. The van der Waals surface area contributed by atoms with E-state index >= 15 is 0 Å². The molecule has 0 aromatic carbocycles. The lowest BCUT2D eigenvalue weighted by Gasteiger charge is -2.27. The third kappa shape index (κ3) is 2.64. The fourth-order valence-corrected chi connectivity index (χ4v) is 5.31. The summed E-state index contributed by atoms with van der Waals surface area (Å²) in [5.74, 6) is 0.0201. The van der Waals surface area contributed by atoms with Crippen LogP contribution in [0.15, 0.2) is 35.2 Å². The monoisotopic (exact) mass is 382 g/mol. The van der Waals surface area contributed by atoms with Crippen LogP contribution in [0.1, 0.15) is 35.3 Å². The molecule has 7 heteroatoms. The van der Waals surface area contributed by atoms with E-state index in [-0.39, 0.29) is 17.4 Å². The molecule has 6 nitrogen and oxygen atoms in total. The number of rotatable bonds is 1. The maximum Gasteiger partial charge on any atom is 0.320 e. The van der Waals surface area contributed by atoms with Crippen molar-refractivity contribution in [2.24, 2.45) is 0 Å². The van der Waals surface area contributed by atoms with Gasteiger partial charge in [0.2, 0.25) is 0 Å². The smallest absolute Gasteiger partial charge is 0.320 e. The van der Waals surface area contributed by atoms with Crippen LogP contribution >= 0.6 is 11.3 Å². The molecular weight excluding hydrogens is 360 g/mol. The van der Waals surface area contributed by atoms with E-state index in [1.165, 1.54) is 11.3 Å². The average Bonchev–Trinajstić information content (AvgIpc) is 3.49. The van der Waals surface area contributed by atoms with Crippen molar-refractivity contribution in [2.75, 3.05) is 37.6 Å². The minimum absolute atomic E-state index is 0.0201. The highest BCUT2D eigenvalue weighted by Gasteiger charge is 2.51. The number of hydrogen-bond donors (Lipinski definition) is 0. The van der Waals surface area contributed by atoms with Gasteiger partial charge in [-0.1, -0.05) is 0 Å². The molecule has 140 valence electrons. The first-order valence-corrected chi connectivity index (χ1v) is 10.5. The first-order chi connectivity index (χ1) is 13.2. The van der Waals surface area contributed by atoms with E-state index in [0.29, 0.717) is 13.1 Å². The summed E-state index contributed by atoms with van der Waals surface area (Å²) in [4.78, 5) is 36.3. The molecule has 1 unspecified atom stereocenters. The number of carbonyl (C=O) groups is 2. The van der Waals surface area contributed by atoms with Gasteiger partial charge in [0.25, 0.3) is 5.91 Å². The first-order valence-electron chi connectivity index (χ1n) is 9.51. The Morgan fingerprint density at radius 1 is 1.07 bits per heavy atom. The Balaban J connectivity index is 1.44. The molecule has 2 aromatic heterocycles. The molecule has 2 saturated heterocycles. The van der Waals surface area contributed by atoms with Crippen LogP contribution in [-0.2, 0) is 5.41 Å². The van der Waals surface area contributed by atoms with E-state index in [1.807, 2.05) is 43.7 Å². The first kappa shape index (κ1) is 16.7. The summed E-state index contributed by atoms with van der Waals surface area (Å²) in [7, 11) is 0. The second-order valence-corrected chi connectivity index (χ2v) is 8.48. The Kier molecular flexibility index (Phi) is 3.93. The lowest BCUT2D eigenvalue weighted by Crippen LogP contribution is -2.44. The zero-order valence-electron chi connectivity index (χ0n) is 15.1. The van der Waals surface area contributed by atoms with Crippen LogP contribution in [-0.4, -0.2) is 59.4 Å². The molecule has 3 aliphatic rings. The van der Waals surface area contributed by atoms with Gasteiger partial charge in [0.15, 0.2) is 0 Å².